The predicted molar refractivity (Wildman–Crippen MR) is 252 cm³/mol. The van der Waals surface area contributed by atoms with Crippen molar-refractivity contribution in [2.24, 2.45) is 0 Å². The van der Waals surface area contributed by atoms with Crippen molar-refractivity contribution in [3.8, 4) is 44.5 Å². The van der Waals surface area contributed by atoms with E-state index < -0.39 is 5.41 Å². The Morgan fingerprint density at radius 1 is 0.300 bits per heavy atom. The second kappa shape index (κ2) is 14.9. The average molecular weight is 764 g/mol. The molecule has 1 aliphatic rings. The van der Waals surface area contributed by atoms with Crippen LogP contribution in [0.4, 0.5) is 17.1 Å². The summed E-state index contributed by atoms with van der Waals surface area (Å²) in [6.07, 6.45) is 0. The zero-order valence-electron chi connectivity index (χ0n) is 33.1. The van der Waals surface area contributed by atoms with E-state index in [0.29, 0.717) is 0 Å². The number of fused-ring (bicyclic) bond motifs is 4. The number of hydrogen-bond donors (Lipinski definition) is 0. The van der Waals surface area contributed by atoms with Crippen LogP contribution in [0.2, 0.25) is 0 Å². The highest BCUT2D eigenvalue weighted by molar-refractivity contribution is 6.11. The van der Waals surface area contributed by atoms with Crippen LogP contribution in [0.3, 0.4) is 0 Å². The molecule has 0 spiro atoms. The zero-order chi connectivity index (χ0) is 39.9. The first-order valence-corrected chi connectivity index (χ1v) is 20.8. The molecule has 0 aromatic heterocycles. The quantitative estimate of drug-likeness (QED) is 0.149. The highest BCUT2D eigenvalue weighted by atomic mass is 15.1. The summed E-state index contributed by atoms with van der Waals surface area (Å²) in [5.41, 5.74) is 17.6. The number of rotatable bonds is 8. The summed E-state index contributed by atoms with van der Waals surface area (Å²) >= 11 is 0. The van der Waals surface area contributed by atoms with Crippen molar-refractivity contribution in [1.82, 2.24) is 0 Å². The van der Waals surface area contributed by atoms with E-state index in [1.165, 1.54) is 83.2 Å². The van der Waals surface area contributed by atoms with Crippen molar-refractivity contribution < 1.29 is 0 Å². The van der Waals surface area contributed by atoms with E-state index in [1.807, 2.05) is 0 Å². The summed E-state index contributed by atoms with van der Waals surface area (Å²) in [4.78, 5) is 2.51. The molecule has 11 rings (SSSR count). The minimum atomic E-state index is -0.541. The molecule has 0 amide bonds. The van der Waals surface area contributed by atoms with Gasteiger partial charge in [0, 0.05) is 22.3 Å². The highest BCUT2D eigenvalue weighted by Crippen LogP contribution is 2.61. The Kier molecular flexibility index (Phi) is 8.79. The first kappa shape index (κ1) is 35.4. The molecule has 0 radical (unpaired) electrons. The molecule has 1 aliphatic carbocycles. The van der Waals surface area contributed by atoms with Crippen molar-refractivity contribution in [3.63, 3.8) is 0 Å². The zero-order valence-corrected chi connectivity index (χ0v) is 33.1. The van der Waals surface area contributed by atoms with Gasteiger partial charge in [-0.15, -0.1) is 0 Å². The van der Waals surface area contributed by atoms with Gasteiger partial charge >= 0.3 is 0 Å². The molecule has 0 saturated heterocycles. The Balaban J connectivity index is 1.19. The summed E-state index contributed by atoms with van der Waals surface area (Å²) in [6.45, 7) is 0. The molecular formula is C59H41N. The summed E-state index contributed by atoms with van der Waals surface area (Å²) in [6, 6.07) is 91.0. The number of anilines is 3. The van der Waals surface area contributed by atoms with E-state index in [4.69, 9.17) is 0 Å². The molecule has 0 heterocycles. The molecule has 0 aliphatic heterocycles. The second-order valence-corrected chi connectivity index (χ2v) is 15.6. The van der Waals surface area contributed by atoms with E-state index in [-0.39, 0.29) is 0 Å². The van der Waals surface area contributed by atoms with E-state index in [9.17, 15) is 0 Å². The molecule has 10 aromatic rings. The number of hydrogen-bond acceptors (Lipinski definition) is 1. The Bertz CT molecular complexity index is 3060. The molecule has 0 unspecified atom stereocenters. The standard InChI is InChI=1S/C59H41N/c1-5-19-42(20-6-1)43-33-37-49(38-34-43)60(50-39-35-45(36-40-50)52-29-16-15-28-51(52)44-21-7-2-8-22-44)58-53-30-14-13-23-46(53)41-56-57(58)54-31-17-18-32-55(54)59(56,47-24-9-3-10-25-47)48-26-11-4-12-27-48/h1-41H. The van der Waals surface area contributed by atoms with Crippen LogP contribution >= 0.6 is 0 Å². The normalized spacial score (nSPS) is 12.5. The fourth-order valence-electron chi connectivity index (χ4n) is 9.70. The lowest BCUT2D eigenvalue weighted by Crippen LogP contribution is -2.28. The third kappa shape index (κ3) is 5.78. The monoisotopic (exact) mass is 763 g/mol. The van der Waals surface area contributed by atoms with Crippen LogP contribution in [0.1, 0.15) is 22.3 Å². The van der Waals surface area contributed by atoms with Crippen LogP contribution in [-0.2, 0) is 5.41 Å². The van der Waals surface area contributed by atoms with Gasteiger partial charge in [-0.25, -0.2) is 0 Å². The van der Waals surface area contributed by atoms with Gasteiger partial charge in [0.25, 0.3) is 0 Å². The van der Waals surface area contributed by atoms with Gasteiger partial charge in [0.2, 0.25) is 0 Å². The van der Waals surface area contributed by atoms with Crippen LogP contribution < -0.4 is 4.90 Å². The smallest absolute Gasteiger partial charge is 0.0714 e. The minimum absolute atomic E-state index is 0.541. The van der Waals surface area contributed by atoms with Gasteiger partial charge in [-0.3, -0.25) is 0 Å². The molecule has 282 valence electrons. The maximum Gasteiger partial charge on any atom is 0.0714 e. The van der Waals surface area contributed by atoms with Gasteiger partial charge < -0.3 is 4.90 Å². The van der Waals surface area contributed by atoms with Crippen molar-refractivity contribution >= 4 is 27.8 Å². The van der Waals surface area contributed by atoms with E-state index in [1.54, 1.807) is 0 Å². The van der Waals surface area contributed by atoms with Crippen LogP contribution in [0.5, 0.6) is 0 Å². The van der Waals surface area contributed by atoms with Crippen LogP contribution in [0, 0.1) is 0 Å². The van der Waals surface area contributed by atoms with E-state index in [0.717, 1.165) is 11.4 Å². The van der Waals surface area contributed by atoms with Crippen LogP contribution in [0.15, 0.2) is 249 Å². The van der Waals surface area contributed by atoms with Gasteiger partial charge in [0.05, 0.1) is 11.1 Å². The third-order valence-electron chi connectivity index (χ3n) is 12.3. The van der Waals surface area contributed by atoms with Gasteiger partial charge in [-0.2, -0.15) is 0 Å². The molecular weight excluding hydrogens is 723 g/mol. The summed E-state index contributed by atoms with van der Waals surface area (Å²) in [5, 5.41) is 2.41. The lowest BCUT2D eigenvalue weighted by molar-refractivity contribution is 0.769. The molecule has 0 atom stereocenters. The third-order valence-corrected chi connectivity index (χ3v) is 12.3. The van der Waals surface area contributed by atoms with Crippen LogP contribution in [-0.4, -0.2) is 0 Å². The Morgan fingerprint density at radius 3 is 1.30 bits per heavy atom. The predicted octanol–water partition coefficient (Wildman–Crippen LogP) is 15.7. The van der Waals surface area contributed by atoms with Gasteiger partial charge in [-0.1, -0.05) is 218 Å². The van der Waals surface area contributed by atoms with E-state index >= 15 is 0 Å². The molecule has 60 heavy (non-hydrogen) atoms. The summed E-state index contributed by atoms with van der Waals surface area (Å²) < 4.78 is 0. The largest absolute Gasteiger partial charge is 0.309 e. The maximum absolute atomic E-state index is 2.51. The van der Waals surface area contributed by atoms with Gasteiger partial charge in [0.1, 0.15) is 0 Å². The fraction of sp³-hybridized carbons (Fsp3) is 0.0169. The van der Waals surface area contributed by atoms with Crippen molar-refractivity contribution in [3.05, 3.63) is 271 Å². The Labute approximate surface area is 352 Å². The molecule has 0 saturated carbocycles. The molecule has 0 bridgehead atoms. The van der Waals surface area contributed by atoms with Crippen molar-refractivity contribution in [2.75, 3.05) is 4.90 Å². The number of nitrogens with zero attached hydrogens (tertiary/aromatic N) is 1. The minimum Gasteiger partial charge on any atom is -0.309 e. The van der Waals surface area contributed by atoms with Crippen molar-refractivity contribution in [1.29, 1.82) is 0 Å². The lowest BCUT2D eigenvalue weighted by atomic mass is 9.67. The second-order valence-electron chi connectivity index (χ2n) is 15.6. The SMILES string of the molecule is c1ccc(-c2ccc(N(c3ccc(-c4ccccc4-c4ccccc4)cc3)c3c4c(cc5ccccc35)C(c3ccccc3)(c3ccccc3)c3ccccc3-4)cc2)cc1. The van der Waals surface area contributed by atoms with Gasteiger partial charge in [0.15, 0.2) is 0 Å². The van der Waals surface area contributed by atoms with Crippen LogP contribution in [0.25, 0.3) is 55.3 Å². The molecule has 1 heteroatoms. The van der Waals surface area contributed by atoms with Crippen molar-refractivity contribution in [2.45, 2.75) is 5.41 Å². The highest BCUT2D eigenvalue weighted by Gasteiger charge is 2.48. The molecule has 0 fully saturated rings. The Hall–Kier alpha value is -7.74. The first-order valence-electron chi connectivity index (χ1n) is 20.8. The number of benzene rings is 10. The lowest BCUT2D eigenvalue weighted by Gasteiger charge is -2.35. The average Bonchev–Trinajstić information content (AvgIpc) is 3.63. The topological polar surface area (TPSA) is 3.24 Å². The maximum atomic E-state index is 2.51. The Morgan fingerprint density at radius 2 is 0.717 bits per heavy atom. The van der Waals surface area contributed by atoms with Gasteiger partial charge in [-0.05, 0) is 96.9 Å². The first-order chi connectivity index (χ1) is 29.8. The summed E-state index contributed by atoms with van der Waals surface area (Å²) in [7, 11) is 0. The molecule has 1 nitrogen and oxygen atoms in total. The fourth-order valence-corrected chi connectivity index (χ4v) is 9.70. The van der Waals surface area contributed by atoms with E-state index in [2.05, 4.69) is 254 Å². The summed E-state index contributed by atoms with van der Waals surface area (Å²) in [5.74, 6) is 0. The molecule has 0 N–H and O–H groups in total. The molecule has 10 aromatic carbocycles.